The highest BCUT2D eigenvalue weighted by molar-refractivity contribution is 9.09. The van der Waals surface area contributed by atoms with Crippen molar-refractivity contribution in [3.8, 4) is 0 Å². The highest BCUT2D eigenvalue weighted by Crippen LogP contribution is 2.35. The second-order valence-electron chi connectivity index (χ2n) is 5.79. The fraction of sp³-hybridized carbons (Fsp3) is 0.923. The van der Waals surface area contributed by atoms with Gasteiger partial charge in [-0.1, -0.05) is 22.9 Å². The average molecular weight is 288 g/mol. The van der Waals surface area contributed by atoms with Crippen molar-refractivity contribution < 1.29 is 4.79 Å². The Morgan fingerprint density at radius 1 is 1.31 bits per heavy atom. The van der Waals surface area contributed by atoms with E-state index in [4.69, 9.17) is 0 Å². The van der Waals surface area contributed by atoms with Crippen LogP contribution >= 0.6 is 15.9 Å². The van der Waals surface area contributed by atoms with E-state index in [2.05, 4.69) is 28.2 Å². The largest absolute Gasteiger partial charge is 0.350 e. The van der Waals surface area contributed by atoms with E-state index in [-0.39, 0.29) is 11.4 Å². The Hall–Kier alpha value is -0.0500. The van der Waals surface area contributed by atoms with Crippen LogP contribution in [0.5, 0.6) is 0 Å². The zero-order valence-electron chi connectivity index (χ0n) is 10.1. The molecule has 0 aromatic carbocycles. The zero-order valence-corrected chi connectivity index (χ0v) is 11.7. The molecule has 0 aromatic heterocycles. The molecule has 0 atom stereocenters. The molecule has 0 aliphatic heterocycles. The van der Waals surface area contributed by atoms with Crippen molar-refractivity contribution in [2.75, 3.05) is 5.33 Å². The van der Waals surface area contributed by atoms with Gasteiger partial charge in [-0.05, 0) is 50.4 Å². The van der Waals surface area contributed by atoms with Crippen LogP contribution in [-0.4, -0.2) is 16.8 Å². The molecule has 1 amide bonds. The van der Waals surface area contributed by atoms with Gasteiger partial charge in [0.2, 0.25) is 5.91 Å². The number of rotatable bonds is 4. The molecule has 1 N–H and O–H groups in total. The molecule has 92 valence electrons. The number of carbonyl (C=O) groups is 1. The van der Waals surface area contributed by atoms with Gasteiger partial charge in [-0.3, -0.25) is 4.79 Å². The zero-order chi connectivity index (χ0) is 11.6. The van der Waals surface area contributed by atoms with Crippen LogP contribution in [0.25, 0.3) is 0 Å². The first-order valence-electron chi connectivity index (χ1n) is 6.50. The van der Waals surface area contributed by atoms with Crippen molar-refractivity contribution in [3.63, 3.8) is 0 Å². The van der Waals surface area contributed by atoms with E-state index in [1.54, 1.807) is 0 Å². The van der Waals surface area contributed by atoms with E-state index in [9.17, 15) is 4.79 Å². The van der Waals surface area contributed by atoms with Gasteiger partial charge in [0.15, 0.2) is 0 Å². The molecule has 3 heteroatoms. The summed E-state index contributed by atoms with van der Waals surface area (Å²) < 4.78 is 0. The Labute approximate surface area is 107 Å². The van der Waals surface area contributed by atoms with Gasteiger partial charge in [0, 0.05) is 17.3 Å². The lowest BCUT2D eigenvalue weighted by Crippen LogP contribution is -2.52. The fourth-order valence-corrected chi connectivity index (χ4v) is 3.24. The maximum atomic E-state index is 11.9. The number of amides is 1. The van der Waals surface area contributed by atoms with Gasteiger partial charge in [-0.2, -0.15) is 0 Å². The first-order valence-corrected chi connectivity index (χ1v) is 7.63. The molecule has 0 aromatic rings. The van der Waals surface area contributed by atoms with Gasteiger partial charge in [0.05, 0.1) is 0 Å². The minimum Gasteiger partial charge on any atom is -0.350 e. The molecule has 0 heterocycles. The van der Waals surface area contributed by atoms with Crippen LogP contribution in [0.4, 0.5) is 0 Å². The molecule has 16 heavy (non-hydrogen) atoms. The van der Waals surface area contributed by atoms with Crippen LogP contribution < -0.4 is 5.32 Å². The van der Waals surface area contributed by atoms with Gasteiger partial charge in [-0.25, -0.2) is 0 Å². The molecule has 0 bridgehead atoms. The van der Waals surface area contributed by atoms with E-state index in [0.29, 0.717) is 5.92 Å². The van der Waals surface area contributed by atoms with E-state index >= 15 is 0 Å². The van der Waals surface area contributed by atoms with Crippen LogP contribution in [0.3, 0.4) is 0 Å². The molecule has 0 radical (unpaired) electrons. The topological polar surface area (TPSA) is 29.1 Å². The highest BCUT2D eigenvalue weighted by atomic mass is 79.9. The molecule has 2 saturated carbocycles. The van der Waals surface area contributed by atoms with E-state index < -0.39 is 0 Å². The lowest BCUT2D eigenvalue weighted by atomic mass is 9.78. The van der Waals surface area contributed by atoms with Crippen molar-refractivity contribution in [2.24, 2.45) is 11.8 Å². The first-order chi connectivity index (χ1) is 7.63. The number of halogens is 1. The van der Waals surface area contributed by atoms with Crippen molar-refractivity contribution in [2.45, 2.75) is 57.4 Å². The molecular formula is C13H22BrNO. The van der Waals surface area contributed by atoms with Crippen molar-refractivity contribution in [3.05, 3.63) is 0 Å². The second-order valence-corrected chi connectivity index (χ2v) is 6.35. The molecular weight excluding hydrogens is 266 g/mol. The quantitative estimate of drug-likeness (QED) is 0.790. The Morgan fingerprint density at radius 2 is 1.94 bits per heavy atom. The third-order valence-electron chi connectivity index (χ3n) is 4.06. The summed E-state index contributed by atoms with van der Waals surface area (Å²) >= 11 is 3.58. The number of hydrogen-bond donors (Lipinski definition) is 1. The predicted octanol–water partition coefficient (Wildman–Crippen LogP) is 3.25. The van der Waals surface area contributed by atoms with Crippen molar-refractivity contribution >= 4 is 21.8 Å². The molecule has 2 fully saturated rings. The maximum absolute atomic E-state index is 11.9. The summed E-state index contributed by atoms with van der Waals surface area (Å²) in [6.07, 6.45) is 8.03. The van der Waals surface area contributed by atoms with E-state index in [1.807, 2.05) is 0 Å². The standard InChI is InChI=1S/C13H22BrNO/c1-10-4-6-13(9-14,7-5-10)15-12(16)8-11-2-3-11/h10-11H,2-9H2,1H3,(H,15,16). The van der Waals surface area contributed by atoms with Gasteiger partial charge in [-0.15, -0.1) is 0 Å². The minimum absolute atomic E-state index is 0.0541. The predicted molar refractivity (Wildman–Crippen MR) is 69.6 cm³/mol. The number of nitrogens with one attached hydrogen (secondary N) is 1. The Morgan fingerprint density at radius 3 is 2.44 bits per heavy atom. The van der Waals surface area contributed by atoms with E-state index in [1.165, 1.54) is 25.7 Å². The van der Waals surface area contributed by atoms with E-state index in [0.717, 1.165) is 30.5 Å². The summed E-state index contributed by atoms with van der Waals surface area (Å²) in [7, 11) is 0. The van der Waals surface area contributed by atoms with Gasteiger partial charge in [0.1, 0.15) is 0 Å². The van der Waals surface area contributed by atoms with Crippen molar-refractivity contribution in [1.82, 2.24) is 5.32 Å². The molecule has 2 aliphatic carbocycles. The van der Waals surface area contributed by atoms with Gasteiger partial charge in [0.25, 0.3) is 0 Å². The summed E-state index contributed by atoms with van der Waals surface area (Å²) in [5.41, 5.74) is 0.0541. The molecule has 0 spiro atoms. The fourth-order valence-electron chi connectivity index (χ4n) is 2.54. The number of carbonyl (C=O) groups excluding carboxylic acids is 1. The van der Waals surface area contributed by atoms with Crippen LogP contribution in [0.1, 0.15) is 51.9 Å². The van der Waals surface area contributed by atoms with Gasteiger partial charge >= 0.3 is 0 Å². The third kappa shape index (κ3) is 3.22. The summed E-state index contributed by atoms with van der Waals surface area (Å²) in [4.78, 5) is 11.9. The average Bonchev–Trinajstić information content (AvgIpc) is 3.06. The Balaban J connectivity index is 1.85. The Kier molecular flexibility index (Phi) is 3.93. The lowest BCUT2D eigenvalue weighted by Gasteiger charge is -2.39. The summed E-state index contributed by atoms with van der Waals surface area (Å²) in [6, 6.07) is 0. The number of hydrogen-bond acceptors (Lipinski definition) is 1. The normalized spacial score (nSPS) is 34.8. The minimum atomic E-state index is 0.0541. The molecule has 0 unspecified atom stereocenters. The lowest BCUT2D eigenvalue weighted by molar-refractivity contribution is -0.123. The Bertz CT molecular complexity index is 255. The smallest absolute Gasteiger partial charge is 0.220 e. The molecule has 2 nitrogen and oxygen atoms in total. The highest BCUT2D eigenvalue weighted by Gasteiger charge is 2.35. The summed E-state index contributed by atoms with van der Waals surface area (Å²) in [5, 5.41) is 4.19. The van der Waals surface area contributed by atoms with Crippen LogP contribution in [0.15, 0.2) is 0 Å². The van der Waals surface area contributed by atoms with Crippen LogP contribution in [0.2, 0.25) is 0 Å². The third-order valence-corrected chi connectivity index (χ3v) is 5.14. The van der Waals surface area contributed by atoms with Crippen LogP contribution in [0, 0.1) is 11.8 Å². The summed E-state index contributed by atoms with van der Waals surface area (Å²) in [5.74, 6) is 1.79. The second kappa shape index (κ2) is 5.07. The summed E-state index contributed by atoms with van der Waals surface area (Å²) in [6.45, 7) is 2.31. The molecule has 2 aliphatic rings. The first kappa shape index (κ1) is 12.4. The maximum Gasteiger partial charge on any atom is 0.220 e. The monoisotopic (exact) mass is 287 g/mol. The molecule has 2 rings (SSSR count). The van der Waals surface area contributed by atoms with Crippen molar-refractivity contribution in [1.29, 1.82) is 0 Å². The van der Waals surface area contributed by atoms with Crippen LogP contribution in [-0.2, 0) is 4.79 Å². The molecule has 0 saturated heterocycles. The number of alkyl halides is 1. The SMILES string of the molecule is CC1CCC(CBr)(NC(=O)CC2CC2)CC1. The van der Waals surface area contributed by atoms with Gasteiger partial charge < -0.3 is 5.32 Å².